The molecular weight excluding hydrogens is 533 g/mol. The fraction of sp³-hybridized carbons (Fsp3) is 0.310. The van der Waals surface area contributed by atoms with Gasteiger partial charge in [0.2, 0.25) is 0 Å². The van der Waals surface area contributed by atoms with E-state index in [0.29, 0.717) is 6.54 Å². The van der Waals surface area contributed by atoms with E-state index in [0.717, 1.165) is 56.7 Å². The number of carbonyl (C=O) groups excluding carboxylic acids is 1. The summed E-state index contributed by atoms with van der Waals surface area (Å²) in [7, 11) is 0. The van der Waals surface area contributed by atoms with Gasteiger partial charge in [0.1, 0.15) is 0 Å². The van der Waals surface area contributed by atoms with Crippen LogP contribution in [0.1, 0.15) is 57.3 Å². The molecule has 3 aromatic heterocycles. The molecule has 0 aliphatic heterocycles. The molecule has 1 amide bonds. The third kappa shape index (κ3) is 7.02. The number of pyridine rings is 2. The highest BCUT2D eigenvalue weighted by atomic mass is 35.5. The largest absolute Gasteiger partial charge is 0.348 e. The van der Waals surface area contributed by atoms with Crippen LogP contribution >= 0.6 is 23.2 Å². The van der Waals surface area contributed by atoms with E-state index < -0.39 is 0 Å². The number of nitrogens with zero attached hydrogens (tertiary/aromatic N) is 4. The third-order valence-electron chi connectivity index (χ3n) is 6.99. The molecule has 1 aliphatic carbocycles. The number of aromatic nitrogens is 4. The number of aryl methyl sites for hydroxylation is 1. The number of amides is 1. The number of halogens is 2. The van der Waals surface area contributed by atoms with E-state index in [-0.39, 0.29) is 27.6 Å². The minimum Gasteiger partial charge on any atom is -0.348 e. The lowest BCUT2D eigenvalue weighted by atomic mass is 9.90. The summed E-state index contributed by atoms with van der Waals surface area (Å²) in [6.45, 7) is 3.67. The van der Waals surface area contributed by atoms with E-state index in [9.17, 15) is 4.79 Å². The van der Waals surface area contributed by atoms with Gasteiger partial charge in [0.05, 0.1) is 33.7 Å². The van der Waals surface area contributed by atoms with Gasteiger partial charge >= 0.3 is 0 Å². The van der Waals surface area contributed by atoms with Gasteiger partial charge < -0.3 is 15.6 Å². The van der Waals surface area contributed by atoms with E-state index in [1.807, 2.05) is 30.6 Å². The van der Waals surface area contributed by atoms with Gasteiger partial charge in [0.15, 0.2) is 0 Å². The van der Waals surface area contributed by atoms with E-state index in [4.69, 9.17) is 28.2 Å². The van der Waals surface area contributed by atoms with Crippen LogP contribution in [0, 0.1) is 0 Å². The Morgan fingerprint density at radius 1 is 1.03 bits per heavy atom. The fourth-order valence-corrected chi connectivity index (χ4v) is 5.54. The molecule has 3 heterocycles. The number of hydrogen-bond acceptors (Lipinski definition) is 6. The first-order valence-electron chi connectivity index (χ1n) is 13.1. The van der Waals surface area contributed by atoms with Gasteiger partial charge in [0, 0.05) is 63.2 Å². The average Bonchev–Trinajstić information content (AvgIpc) is 3.47. The van der Waals surface area contributed by atoms with Crippen LogP contribution in [0.3, 0.4) is 0 Å². The predicted molar refractivity (Wildman–Crippen MR) is 152 cm³/mol. The Morgan fingerprint density at radius 3 is 2.59 bits per heavy atom. The number of rotatable bonds is 11. The lowest BCUT2D eigenvalue weighted by Crippen LogP contribution is -2.36. The van der Waals surface area contributed by atoms with E-state index >= 15 is 0 Å². The summed E-state index contributed by atoms with van der Waals surface area (Å²) in [4.78, 5) is 31.1. The molecular formula is C29H31Cl2N7O. The summed E-state index contributed by atoms with van der Waals surface area (Å²) < 4.78 is 0. The van der Waals surface area contributed by atoms with Crippen LogP contribution in [0.2, 0.25) is 10.0 Å². The molecule has 1 aliphatic rings. The van der Waals surface area contributed by atoms with Crippen LogP contribution in [0.5, 0.6) is 0 Å². The number of H-pyrrole nitrogens is 1. The van der Waals surface area contributed by atoms with Gasteiger partial charge in [-0.1, -0.05) is 53.5 Å². The van der Waals surface area contributed by atoms with E-state index in [2.05, 4.69) is 48.7 Å². The standard InChI is InChI=1S/C29H31Cl2N7O/c30-24-16-33-17-25(31)27(24)29(39)36-13-20-6-8-21(9-7-20)18-38(12-11-32-14-23-15-34-19-37-23)26-5-1-3-22-4-2-10-35-28(22)26/h2,4,6-10,15-17,19,26,32H,1,3,5,11-14,18H2,(H,34,37)(H,36,39). The van der Waals surface area contributed by atoms with E-state index in [1.54, 1.807) is 6.33 Å². The normalized spacial score (nSPS) is 14.8. The molecule has 8 nitrogen and oxygen atoms in total. The summed E-state index contributed by atoms with van der Waals surface area (Å²) in [5.74, 6) is -0.325. The van der Waals surface area contributed by atoms with Crippen molar-refractivity contribution in [3.05, 3.63) is 111 Å². The molecule has 0 radical (unpaired) electrons. The Morgan fingerprint density at radius 2 is 1.82 bits per heavy atom. The Kier molecular flexibility index (Phi) is 9.21. The molecule has 3 N–H and O–H groups in total. The smallest absolute Gasteiger partial charge is 0.254 e. The van der Waals surface area contributed by atoms with E-state index in [1.165, 1.54) is 29.2 Å². The second-order valence-electron chi connectivity index (χ2n) is 9.66. The lowest BCUT2D eigenvalue weighted by Gasteiger charge is -2.35. The predicted octanol–water partition coefficient (Wildman–Crippen LogP) is 5.11. The molecule has 5 rings (SSSR count). The van der Waals surface area contributed by atoms with Crippen molar-refractivity contribution in [2.45, 2.75) is 44.9 Å². The number of nitrogens with one attached hydrogen (secondary N) is 3. The molecule has 4 aromatic rings. The van der Waals surface area contributed by atoms with Crippen LogP contribution in [0.25, 0.3) is 0 Å². The van der Waals surface area contributed by atoms with Gasteiger partial charge in [0.25, 0.3) is 5.91 Å². The first-order valence-corrected chi connectivity index (χ1v) is 13.8. The van der Waals surface area contributed by atoms with Crippen molar-refractivity contribution in [1.82, 2.24) is 35.5 Å². The van der Waals surface area contributed by atoms with Gasteiger partial charge in [-0.3, -0.25) is 19.7 Å². The minimum atomic E-state index is -0.325. The molecule has 0 saturated carbocycles. The van der Waals surface area contributed by atoms with Gasteiger partial charge in [-0.25, -0.2) is 4.98 Å². The highest BCUT2D eigenvalue weighted by Crippen LogP contribution is 2.33. The van der Waals surface area contributed by atoms with Crippen molar-refractivity contribution in [1.29, 1.82) is 0 Å². The number of hydrogen-bond donors (Lipinski definition) is 3. The SMILES string of the molecule is O=C(NCc1ccc(CN(CCNCc2cnc[nH]2)C2CCCc3cccnc32)cc1)c1c(Cl)cncc1Cl. The van der Waals surface area contributed by atoms with Crippen molar-refractivity contribution in [3.63, 3.8) is 0 Å². The number of imidazole rings is 1. The lowest BCUT2D eigenvalue weighted by molar-refractivity contribution is 0.0951. The number of carbonyl (C=O) groups is 1. The van der Waals surface area contributed by atoms with Gasteiger partial charge in [-0.2, -0.15) is 0 Å². The Balaban J connectivity index is 1.23. The molecule has 202 valence electrons. The zero-order chi connectivity index (χ0) is 27.0. The van der Waals surface area contributed by atoms with Crippen LogP contribution in [-0.4, -0.2) is 43.8 Å². The summed E-state index contributed by atoms with van der Waals surface area (Å²) in [5, 5.41) is 6.88. The molecule has 0 spiro atoms. The molecule has 39 heavy (non-hydrogen) atoms. The fourth-order valence-electron chi connectivity index (χ4n) is 5.01. The maximum absolute atomic E-state index is 12.6. The maximum Gasteiger partial charge on any atom is 0.254 e. The number of fused-ring (bicyclic) bond motifs is 1. The summed E-state index contributed by atoms with van der Waals surface area (Å²) >= 11 is 12.2. The first-order chi connectivity index (χ1) is 19.1. The highest BCUT2D eigenvalue weighted by Gasteiger charge is 2.27. The Bertz CT molecular complexity index is 1360. The van der Waals surface area contributed by atoms with Crippen molar-refractivity contribution in [2.75, 3.05) is 13.1 Å². The van der Waals surface area contributed by atoms with Crippen LogP contribution in [0.15, 0.2) is 67.5 Å². The molecule has 0 fully saturated rings. The molecule has 1 atom stereocenters. The first kappa shape index (κ1) is 27.3. The molecule has 0 saturated heterocycles. The molecule has 0 bridgehead atoms. The molecule has 10 heteroatoms. The summed E-state index contributed by atoms with van der Waals surface area (Å²) in [6.07, 6.45) is 11.6. The molecule has 1 unspecified atom stereocenters. The molecule has 1 aromatic carbocycles. The van der Waals surface area contributed by atoms with Crippen molar-refractivity contribution in [3.8, 4) is 0 Å². The van der Waals surface area contributed by atoms with Gasteiger partial charge in [-0.15, -0.1) is 0 Å². The second kappa shape index (κ2) is 13.2. The summed E-state index contributed by atoms with van der Waals surface area (Å²) in [5.41, 5.74) is 6.06. The minimum absolute atomic E-state index is 0.230. The average molecular weight is 565 g/mol. The monoisotopic (exact) mass is 563 g/mol. The third-order valence-corrected chi connectivity index (χ3v) is 7.57. The van der Waals surface area contributed by atoms with Crippen molar-refractivity contribution >= 4 is 29.1 Å². The quantitative estimate of drug-likeness (QED) is 0.219. The number of benzene rings is 1. The zero-order valence-corrected chi connectivity index (χ0v) is 23.0. The topological polar surface area (TPSA) is 98.8 Å². The van der Waals surface area contributed by atoms with Crippen molar-refractivity contribution in [2.24, 2.45) is 0 Å². The highest BCUT2D eigenvalue weighted by molar-refractivity contribution is 6.39. The number of aromatic amines is 1. The maximum atomic E-state index is 12.6. The zero-order valence-electron chi connectivity index (χ0n) is 21.5. The second-order valence-corrected chi connectivity index (χ2v) is 10.5. The van der Waals surface area contributed by atoms with Crippen LogP contribution < -0.4 is 10.6 Å². The van der Waals surface area contributed by atoms with Crippen LogP contribution in [0.4, 0.5) is 0 Å². The Hall–Kier alpha value is -3.30. The Labute approximate surface area is 238 Å². The van der Waals surface area contributed by atoms with Gasteiger partial charge in [-0.05, 0) is 42.0 Å². The van der Waals surface area contributed by atoms with Crippen LogP contribution in [-0.2, 0) is 26.1 Å². The van der Waals surface area contributed by atoms with Crippen molar-refractivity contribution < 1.29 is 4.79 Å². The summed E-state index contributed by atoms with van der Waals surface area (Å²) in [6, 6.07) is 12.9.